The van der Waals surface area contributed by atoms with Crippen molar-refractivity contribution >= 4 is 22.6 Å². The quantitative estimate of drug-likeness (QED) is 0.313. The minimum atomic E-state index is 0.113. The Hall–Kier alpha value is 0.650. The first-order valence-corrected chi connectivity index (χ1v) is 6.82. The van der Waals surface area contributed by atoms with E-state index in [0.717, 1.165) is 6.54 Å². The van der Waals surface area contributed by atoms with Gasteiger partial charge < -0.3 is 5.73 Å². The zero-order valence-corrected chi connectivity index (χ0v) is 11.9. The van der Waals surface area contributed by atoms with Gasteiger partial charge in [0, 0.05) is 12.6 Å². The lowest BCUT2D eigenvalue weighted by molar-refractivity contribution is 0.393. The summed E-state index contributed by atoms with van der Waals surface area (Å²) in [6.45, 7) is 7.39. The monoisotopic (exact) mass is 312 g/mol. The summed E-state index contributed by atoms with van der Waals surface area (Å²) in [5, 5.41) is 3.61. The van der Waals surface area contributed by atoms with Crippen LogP contribution in [-0.4, -0.2) is 16.1 Å². The van der Waals surface area contributed by atoms with Gasteiger partial charge in [-0.25, -0.2) is 0 Å². The van der Waals surface area contributed by atoms with Gasteiger partial charge in [-0.05, 0) is 19.8 Å². The van der Waals surface area contributed by atoms with Crippen LogP contribution in [0.2, 0.25) is 0 Å². The second-order valence-corrected chi connectivity index (χ2v) is 6.15. The van der Waals surface area contributed by atoms with Crippen LogP contribution in [-0.2, 0) is 0 Å². The molecule has 0 saturated carbocycles. The average Bonchev–Trinajstić information content (AvgIpc) is 2.18. The highest BCUT2D eigenvalue weighted by molar-refractivity contribution is 14.1. The first kappa shape index (κ1) is 14.6. The molecule has 0 heterocycles. The van der Waals surface area contributed by atoms with Crippen molar-refractivity contribution in [3.05, 3.63) is 0 Å². The Morgan fingerprint density at radius 1 is 1.36 bits per heavy atom. The van der Waals surface area contributed by atoms with E-state index in [9.17, 15) is 0 Å². The third-order valence-corrected chi connectivity index (χ3v) is 3.91. The van der Waals surface area contributed by atoms with Crippen molar-refractivity contribution in [2.24, 2.45) is 5.73 Å². The fraction of sp³-hybridized carbons (Fsp3) is 1.00. The van der Waals surface area contributed by atoms with Crippen molar-refractivity contribution < 1.29 is 0 Å². The minimum absolute atomic E-state index is 0.113. The van der Waals surface area contributed by atoms with Gasteiger partial charge in [-0.2, -0.15) is 0 Å². The van der Waals surface area contributed by atoms with E-state index in [1.807, 2.05) is 0 Å². The molecule has 14 heavy (non-hydrogen) atoms. The van der Waals surface area contributed by atoms with Crippen molar-refractivity contribution in [2.45, 2.75) is 62.5 Å². The Kier molecular flexibility index (Phi) is 8.25. The number of hydrogen-bond donors (Lipinski definition) is 2. The van der Waals surface area contributed by atoms with Crippen LogP contribution in [0.4, 0.5) is 0 Å². The van der Waals surface area contributed by atoms with E-state index < -0.39 is 0 Å². The van der Waals surface area contributed by atoms with Crippen LogP contribution in [0.15, 0.2) is 0 Å². The molecule has 2 atom stereocenters. The summed E-state index contributed by atoms with van der Waals surface area (Å²) in [6, 6.07) is 0.567. The molecule has 0 amide bonds. The molecular weight excluding hydrogens is 287 g/mol. The topological polar surface area (TPSA) is 38.0 Å². The molecule has 2 unspecified atom stereocenters. The SMILES string of the molecule is CCCCCC(I)(CN)NC(C)CC. The number of nitrogens with one attached hydrogen (secondary N) is 1. The number of unbranched alkanes of at least 4 members (excludes halogenated alkanes) is 2. The standard InChI is InChI=1S/C11H25IN2/c1-4-6-7-8-11(12,9-13)14-10(3)5-2/h10,14H,4-9,13H2,1-3H3. The normalized spacial score (nSPS) is 17.8. The van der Waals surface area contributed by atoms with Crippen LogP contribution in [0.3, 0.4) is 0 Å². The summed E-state index contributed by atoms with van der Waals surface area (Å²) in [4.78, 5) is 0. The molecule has 0 aliphatic carbocycles. The molecule has 0 radical (unpaired) electrons. The number of nitrogens with two attached hydrogens (primary N) is 1. The molecule has 0 aromatic carbocycles. The Bertz CT molecular complexity index is 141. The molecule has 0 fully saturated rings. The summed E-state index contributed by atoms with van der Waals surface area (Å²) >= 11 is 2.48. The van der Waals surface area contributed by atoms with E-state index in [1.165, 1.54) is 32.1 Å². The molecule has 0 spiro atoms. The molecule has 3 heteroatoms. The Morgan fingerprint density at radius 3 is 2.43 bits per heavy atom. The molecule has 0 saturated heterocycles. The second kappa shape index (κ2) is 7.88. The molecular formula is C11H25IN2. The Balaban J connectivity index is 3.90. The maximum atomic E-state index is 5.82. The van der Waals surface area contributed by atoms with E-state index in [0.29, 0.717) is 6.04 Å². The van der Waals surface area contributed by atoms with Gasteiger partial charge in [0.25, 0.3) is 0 Å². The van der Waals surface area contributed by atoms with Gasteiger partial charge in [-0.3, -0.25) is 5.32 Å². The van der Waals surface area contributed by atoms with Crippen LogP contribution in [0.25, 0.3) is 0 Å². The number of rotatable bonds is 8. The lowest BCUT2D eigenvalue weighted by Crippen LogP contribution is -2.49. The van der Waals surface area contributed by atoms with Gasteiger partial charge in [0.1, 0.15) is 0 Å². The third-order valence-electron chi connectivity index (χ3n) is 2.62. The van der Waals surface area contributed by atoms with Crippen molar-refractivity contribution in [3.63, 3.8) is 0 Å². The molecule has 0 aliphatic rings. The Morgan fingerprint density at radius 2 is 2.00 bits per heavy atom. The largest absolute Gasteiger partial charge is 0.328 e. The second-order valence-electron chi connectivity index (χ2n) is 4.08. The Labute approximate surface area is 103 Å². The van der Waals surface area contributed by atoms with Crippen molar-refractivity contribution in [3.8, 4) is 0 Å². The van der Waals surface area contributed by atoms with E-state index in [1.54, 1.807) is 0 Å². The van der Waals surface area contributed by atoms with E-state index >= 15 is 0 Å². The van der Waals surface area contributed by atoms with E-state index in [2.05, 4.69) is 48.7 Å². The molecule has 86 valence electrons. The van der Waals surface area contributed by atoms with Gasteiger partial charge in [0.05, 0.1) is 3.55 Å². The lowest BCUT2D eigenvalue weighted by atomic mass is 10.1. The van der Waals surface area contributed by atoms with Crippen LogP contribution in [0.5, 0.6) is 0 Å². The van der Waals surface area contributed by atoms with Crippen LogP contribution < -0.4 is 11.1 Å². The molecule has 0 aromatic heterocycles. The van der Waals surface area contributed by atoms with E-state index in [4.69, 9.17) is 5.73 Å². The zero-order chi connectivity index (χ0) is 11.0. The van der Waals surface area contributed by atoms with Gasteiger partial charge in [-0.1, -0.05) is 55.7 Å². The summed E-state index contributed by atoms with van der Waals surface area (Å²) in [7, 11) is 0. The summed E-state index contributed by atoms with van der Waals surface area (Å²) in [5.74, 6) is 0. The number of alkyl halides is 1. The fourth-order valence-corrected chi connectivity index (χ4v) is 2.35. The van der Waals surface area contributed by atoms with Crippen molar-refractivity contribution in [1.29, 1.82) is 0 Å². The van der Waals surface area contributed by atoms with E-state index in [-0.39, 0.29) is 3.55 Å². The zero-order valence-electron chi connectivity index (χ0n) is 9.78. The lowest BCUT2D eigenvalue weighted by Gasteiger charge is -2.31. The molecule has 2 nitrogen and oxygen atoms in total. The summed E-state index contributed by atoms with van der Waals surface area (Å²) in [6.07, 6.45) is 6.22. The highest BCUT2D eigenvalue weighted by Gasteiger charge is 2.24. The number of halogens is 1. The summed E-state index contributed by atoms with van der Waals surface area (Å²) < 4.78 is 0.113. The predicted molar refractivity (Wildman–Crippen MR) is 72.8 cm³/mol. The maximum absolute atomic E-state index is 5.82. The first-order chi connectivity index (χ1) is 6.58. The van der Waals surface area contributed by atoms with Gasteiger partial charge in [-0.15, -0.1) is 0 Å². The predicted octanol–water partition coefficient (Wildman–Crippen LogP) is 3.04. The smallest absolute Gasteiger partial charge is 0.0831 e. The molecule has 0 aromatic rings. The fourth-order valence-electron chi connectivity index (χ4n) is 1.43. The van der Waals surface area contributed by atoms with Crippen LogP contribution >= 0.6 is 22.6 Å². The van der Waals surface area contributed by atoms with Crippen molar-refractivity contribution in [2.75, 3.05) is 6.54 Å². The molecule has 0 bridgehead atoms. The molecule has 0 aliphatic heterocycles. The molecule has 3 N–H and O–H groups in total. The third kappa shape index (κ3) is 6.19. The summed E-state index contributed by atoms with van der Waals surface area (Å²) in [5.41, 5.74) is 5.82. The van der Waals surface area contributed by atoms with Crippen LogP contribution in [0.1, 0.15) is 52.9 Å². The highest BCUT2D eigenvalue weighted by Crippen LogP contribution is 2.23. The highest BCUT2D eigenvalue weighted by atomic mass is 127. The van der Waals surface area contributed by atoms with Gasteiger partial charge >= 0.3 is 0 Å². The number of hydrogen-bond acceptors (Lipinski definition) is 2. The van der Waals surface area contributed by atoms with Gasteiger partial charge in [0.2, 0.25) is 0 Å². The molecule has 0 rings (SSSR count). The van der Waals surface area contributed by atoms with Crippen molar-refractivity contribution in [1.82, 2.24) is 5.32 Å². The minimum Gasteiger partial charge on any atom is -0.328 e. The van der Waals surface area contributed by atoms with Gasteiger partial charge in [0.15, 0.2) is 0 Å². The van der Waals surface area contributed by atoms with Crippen LogP contribution in [0, 0.1) is 0 Å². The average molecular weight is 312 g/mol. The maximum Gasteiger partial charge on any atom is 0.0831 e. The first-order valence-electron chi connectivity index (χ1n) is 5.74.